The van der Waals surface area contributed by atoms with Gasteiger partial charge in [0, 0.05) is 25.0 Å². The van der Waals surface area contributed by atoms with Crippen molar-refractivity contribution in [3.05, 3.63) is 54.0 Å². The fourth-order valence-electron chi connectivity index (χ4n) is 2.31. The van der Waals surface area contributed by atoms with Crippen LogP contribution in [0.5, 0.6) is 0 Å². The summed E-state index contributed by atoms with van der Waals surface area (Å²) in [6.45, 7) is 4.18. The minimum absolute atomic E-state index is 0.577. The Morgan fingerprint density at radius 3 is 2.55 bits per heavy atom. The second kappa shape index (κ2) is 5.97. The summed E-state index contributed by atoms with van der Waals surface area (Å²) in [6.07, 6.45) is 6.52. The van der Waals surface area contributed by atoms with Gasteiger partial charge in [-0.15, -0.1) is 0 Å². The zero-order valence-corrected chi connectivity index (χ0v) is 13.0. The van der Waals surface area contributed by atoms with Crippen LogP contribution in [0.3, 0.4) is 0 Å². The Balaban J connectivity index is 1.91. The van der Waals surface area contributed by atoms with Crippen LogP contribution in [0.25, 0.3) is 11.3 Å². The summed E-state index contributed by atoms with van der Waals surface area (Å²) >= 11 is 0. The van der Waals surface area contributed by atoms with Crippen molar-refractivity contribution in [3.8, 4) is 11.3 Å². The molecular formula is C17H19N5. The highest BCUT2D eigenvalue weighted by Gasteiger charge is 2.07. The van der Waals surface area contributed by atoms with Gasteiger partial charge in [0.25, 0.3) is 0 Å². The molecule has 3 aromatic rings. The number of rotatable bonds is 4. The number of hydrogen-bond donors (Lipinski definition) is 1. The maximum Gasteiger partial charge on any atom is 0.227 e. The molecule has 0 amide bonds. The molecule has 0 bridgehead atoms. The maximum atomic E-state index is 4.64. The van der Waals surface area contributed by atoms with Crippen molar-refractivity contribution in [1.29, 1.82) is 0 Å². The van der Waals surface area contributed by atoms with E-state index >= 15 is 0 Å². The average molecular weight is 293 g/mol. The molecule has 5 nitrogen and oxygen atoms in total. The number of aryl methyl sites for hydroxylation is 3. The van der Waals surface area contributed by atoms with Crippen LogP contribution < -0.4 is 5.32 Å². The van der Waals surface area contributed by atoms with E-state index in [0.717, 1.165) is 28.9 Å². The van der Waals surface area contributed by atoms with Gasteiger partial charge in [0.05, 0.1) is 17.6 Å². The second-order valence-electron chi connectivity index (χ2n) is 5.30. The summed E-state index contributed by atoms with van der Waals surface area (Å²) in [6, 6.07) is 8.51. The molecular weight excluding hydrogens is 274 g/mol. The summed E-state index contributed by atoms with van der Waals surface area (Å²) < 4.78 is 1.74. The third-order valence-corrected chi connectivity index (χ3v) is 3.57. The van der Waals surface area contributed by atoms with Crippen molar-refractivity contribution >= 4 is 11.6 Å². The van der Waals surface area contributed by atoms with Gasteiger partial charge in [-0.25, -0.2) is 9.97 Å². The molecule has 0 fully saturated rings. The number of aromatic nitrogens is 4. The molecule has 0 spiro atoms. The van der Waals surface area contributed by atoms with Crippen molar-refractivity contribution in [2.45, 2.75) is 20.3 Å². The molecule has 5 heteroatoms. The van der Waals surface area contributed by atoms with E-state index in [0.29, 0.717) is 5.95 Å². The predicted molar refractivity (Wildman–Crippen MR) is 88.1 cm³/mol. The van der Waals surface area contributed by atoms with Crippen molar-refractivity contribution in [1.82, 2.24) is 19.7 Å². The van der Waals surface area contributed by atoms with E-state index in [1.54, 1.807) is 10.9 Å². The molecule has 0 saturated carbocycles. The van der Waals surface area contributed by atoms with Gasteiger partial charge < -0.3 is 5.32 Å². The average Bonchev–Trinajstić information content (AvgIpc) is 2.94. The summed E-state index contributed by atoms with van der Waals surface area (Å²) in [5, 5.41) is 7.31. The highest BCUT2D eigenvalue weighted by atomic mass is 15.3. The van der Waals surface area contributed by atoms with E-state index in [9.17, 15) is 0 Å². The van der Waals surface area contributed by atoms with E-state index in [1.165, 1.54) is 5.56 Å². The Hall–Kier alpha value is -2.69. The second-order valence-corrected chi connectivity index (χ2v) is 5.30. The normalized spacial score (nSPS) is 10.7. The molecule has 0 atom stereocenters. The first kappa shape index (κ1) is 14.3. The van der Waals surface area contributed by atoms with E-state index < -0.39 is 0 Å². The standard InChI is InChI=1S/C17H19N5/c1-4-13-5-7-14(8-6-13)16-12(2)9-18-17(21-16)20-15-10-19-22(3)11-15/h5-11H,4H2,1-3H3,(H,18,20,21). The molecule has 0 radical (unpaired) electrons. The molecule has 1 N–H and O–H groups in total. The van der Waals surface area contributed by atoms with Crippen LogP contribution in [0.4, 0.5) is 11.6 Å². The number of nitrogens with zero attached hydrogens (tertiary/aromatic N) is 4. The lowest BCUT2D eigenvalue weighted by atomic mass is 10.1. The first-order valence-corrected chi connectivity index (χ1v) is 7.34. The number of anilines is 2. The molecule has 112 valence electrons. The number of nitrogens with one attached hydrogen (secondary N) is 1. The molecule has 0 aliphatic heterocycles. The Labute approximate surface area is 130 Å². The third kappa shape index (κ3) is 2.98. The first-order chi connectivity index (χ1) is 10.7. The van der Waals surface area contributed by atoms with Crippen molar-refractivity contribution in [2.75, 3.05) is 5.32 Å². The highest BCUT2D eigenvalue weighted by molar-refractivity contribution is 5.65. The fraction of sp³-hybridized carbons (Fsp3) is 0.235. The molecule has 3 rings (SSSR count). The van der Waals surface area contributed by atoms with Gasteiger partial charge >= 0.3 is 0 Å². The quantitative estimate of drug-likeness (QED) is 0.800. The molecule has 2 aromatic heterocycles. The van der Waals surface area contributed by atoms with Crippen LogP contribution in [0.1, 0.15) is 18.1 Å². The zero-order chi connectivity index (χ0) is 15.5. The van der Waals surface area contributed by atoms with E-state index in [1.807, 2.05) is 26.4 Å². The largest absolute Gasteiger partial charge is 0.321 e. The number of benzene rings is 1. The molecule has 2 heterocycles. The SMILES string of the molecule is CCc1ccc(-c2nc(Nc3cnn(C)c3)ncc2C)cc1. The highest BCUT2D eigenvalue weighted by Crippen LogP contribution is 2.23. The third-order valence-electron chi connectivity index (χ3n) is 3.57. The van der Waals surface area contributed by atoms with Crippen LogP contribution in [-0.4, -0.2) is 19.7 Å². The van der Waals surface area contributed by atoms with Crippen molar-refractivity contribution in [2.24, 2.45) is 7.05 Å². The van der Waals surface area contributed by atoms with Crippen molar-refractivity contribution < 1.29 is 0 Å². The Bertz CT molecular complexity index is 774. The van der Waals surface area contributed by atoms with E-state index in [4.69, 9.17) is 0 Å². The lowest BCUT2D eigenvalue weighted by molar-refractivity contribution is 0.768. The topological polar surface area (TPSA) is 55.6 Å². The monoisotopic (exact) mass is 293 g/mol. The Morgan fingerprint density at radius 2 is 1.91 bits per heavy atom. The van der Waals surface area contributed by atoms with Crippen LogP contribution >= 0.6 is 0 Å². The van der Waals surface area contributed by atoms with Gasteiger partial charge in [-0.1, -0.05) is 31.2 Å². The molecule has 0 unspecified atom stereocenters. The molecule has 1 aromatic carbocycles. The molecule has 0 aliphatic carbocycles. The minimum atomic E-state index is 0.577. The van der Waals surface area contributed by atoms with Gasteiger partial charge in [-0.2, -0.15) is 5.10 Å². The molecule has 0 aliphatic rings. The fourth-order valence-corrected chi connectivity index (χ4v) is 2.31. The van der Waals surface area contributed by atoms with E-state index in [2.05, 4.69) is 51.6 Å². The lowest BCUT2D eigenvalue weighted by Crippen LogP contribution is -1.99. The van der Waals surface area contributed by atoms with Gasteiger partial charge in [0.1, 0.15) is 0 Å². The summed E-state index contributed by atoms with van der Waals surface area (Å²) in [5.41, 5.74) is 5.30. The van der Waals surface area contributed by atoms with Gasteiger partial charge in [0.15, 0.2) is 0 Å². The maximum absolute atomic E-state index is 4.64. The first-order valence-electron chi connectivity index (χ1n) is 7.34. The molecule has 22 heavy (non-hydrogen) atoms. The van der Waals surface area contributed by atoms with Crippen LogP contribution in [-0.2, 0) is 13.5 Å². The number of hydrogen-bond acceptors (Lipinski definition) is 4. The zero-order valence-electron chi connectivity index (χ0n) is 13.0. The van der Waals surface area contributed by atoms with Crippen LogP contribution in [0.2, 0.25) is 0 Å². The summed E-state index contributed by atoms with van der Waals surface area (Å²) in [5.74, 6) is 0.577. The lowest BCUT2D eigenvalue weighted by Gasteiger charge is -2.08. The minimum Gasteiger partial charge on any atom is -0.321 e. The van der Waals surface area contributed by atoms with Gasteiger partial charge in [-0.05, 0) is 24.5 Å². The Morgan fingerprint density at radius 1 is 1.14 bits per heavy atom. The smallest absolute Gasteiger partial charge is 0.227 e. The van der Waals surface area contributed by atoms with Crippen LogP contribution in [0.15, 0.2) is 42.9 Å². The molecule has 0 saturated heterocycles. The van der Waals surface area contributed by atoms with Gasteiger partial charge in [-0.3, -0.25) is 4.68 Å². The van der Waals surface area contributed by atoms with Gasteiger partial charge in [0.2, 0.25) is 5.95 Å². The van der Waals surface area contributed by atoms with Crippen LogP contribution in [0, 0.1) is 6.92 Å². The summed E-state index contributed by atoms with van der Waals surface area (Å²) in [4.78, 5) is 8.99. The van der Waals surface area contributed by atoms with E-state index in [-0.39, 0.29) is 0 Å². The predicted octanol–water partition coefficient (Wildman–Crippen LogP) is 3.49. The summed E-state index contributed by atoms with van der Waals surface area (Å²) in [7, 11) is 1.88. The Kier molecular flexibility index (Phi) is 3.87. The van der Waals surface area contributed by atoms with Crippen molar-refractivity contribution in [3.63, 3.8) is 0 Å².